The van der Waals surface area contributed by atoms with Gasteiger partial charge in [-0.15, -0.1) is 0 Å². The smallest absolute Gasteiger partial charge is 0.120 e. The number of rotatable bonds is 8. The maximum atomic E-state index is 10.3. The zero-order chi connectivity index (χ0) is 21.7. The minimum absolute atomic E-state index is 0.334. The van der Waals surface area contributed by atoms with Gasteiger partial charge in [-0.1, -0.05) is 41.5 Å². The number of aromatic hydroxyl groups is 2. The van der Waals surface area contributed by atoms with Crippen LogP contribution in [0.5, 0.6) is 11.5 Å². The number of hydrogen-bond acceptors (Lipinski definition) is 4. The van der Waals surface area contributed by atoms with E-state index in [-0.39, 0.29) is 0 Å². The van der Waals surface area contributed by atoms with Gasteiger partial charge in [-0.25, -0.2) is 0 Å². The van der Waals surface area contributed by atoms with Crippen LogP contribution < -0.4 is 9.80 Å². The van der Waals surface area contributed by atoms with E-state index in [0.717, 1.165) is 46.7 Å². The van der Waals surface area contributed by atoms with Gasteiger partial charge in [-0.3, -0.25) is 0 Å². The van der Waals surface area contributed by atoms with Gasteiger partial charge in [0.25, 0.3) is 0 Å². The average Bonchev–Trinajstić information content (AvgIpc) is 2.75. The molecule has 158 valence electrons. The summed E-state index contributed by atoms with van der Waals surface area (Å²) in [7, 11) is 0. The Balaban J connectivity index is 1.85. The molecular weight excluding hydrogens is 372 g/mol. The molecule has 3 rings (SSSR count). The second-order valence-electron chi connectivity index (χ2n) is 7.81. The van der Waals surface area contributed by atoms with Crippen LogP contribution in [-0.2, 0) is 13.1 Å². The summed E-state index contributed by atoms with van der Waals surface area (Å²) in [6.07, 6.45) is 0. The Morgan fingerprint density at radius 2 is 1.07 bits per heavy atom. The first-order valence-electron chi connectivity index (χ1n) is 10.6. The molecule has 0 saturated carbocycles. The predicted octanol–water partition coefficient (Wildman–Crippen LogP) is 5.77. The van der Waals surface area contributed by atoms with Crippen LogP contribution >= 0.6 is 0 Å². The van der Waals surface area contributed by atoms with E-state index in [1.165, 1.54) is 0 Å². The molecular formula is C26H32N2O2. The van der Waals surface area contributed by atoms with Gasteiger partial charge in [0.2, 0.25) is 0 Å². The van der Waals surface area contributed by atoms with Gasteiger partial charge < -0.3 is 20.0 Å². The van der Waals surface area contributed by atoms with Crippen molar-refractivity contribution in [3.05, 3.63) is 82.9 Å². The Hall–Kier alpha value is -3.14. The Morgan fingerprint density at radius 1 is 0.633 bits per heavy atom. The summed E-state index contributed by atoms with van der Waals surface area (Å²) >= 11 is 0. The molecule has 0 aliphatic heterocycles. The number of benzene rings is 3. The van der Waals surface area contributed by atoms with Crippen molar-refractivity contribution in [2.75, 3.05) is 22.9 Å². The molecule has 4 nitrogen and oxygen atoms in total. The predicted molar refractivity (Wildman–Crippen MR) is 126 cm³/mol. The topological polar surface area (TPSA) is 46.9 Å². The van der Waals surface area contributed by atoms with Crippen molar-refractivity contribution in [2.45, 2.75) is 40.8 Å². The summed E-state index contributed by atoms with van der Waals surface area (Å²) in [4.78, 5) is 4.52. The van der Waals surface area contributed by atoms with Crippen molar-refractivity contribution in [1.82, 2.24) is 0 Å². The standard InChI is InChI=1S/C26H32N2O2/c1-5-27(17-21-14-19(3)10-12-25(21)29)23-8-7-9-24(16-23)28(6-2)18-22-15-20(4)11-13-26(22)30/h7-16,29-30H,5-6,17-18H2,1-4H3. The van der Waals surface area contributed by atoms with E-state index in [0.29, 0.717) is 24.6 Å². The summed E-state index contributed by atoms with van der Waals surface area (Å²) in [5, 5.41) is 20.5. The molecule has 0 saturated heterocycles. The van der Waals surface area contributed by atoms with E-state index in [9.17, 15) is 10.2 Å². The molecule has 0 aliphatic carbocycles. The molecule has 0 amide bonds. The molecule has 0 heterocycles. The number of hydrogen-bond donors (Lipinski definition) is 2. The normalized spacial score (nSPS) is 10.8. The molecule has 30 heavy (non-hydrogen) atoms. The molecule has 0 unspecified atom stereocenters. The van der Waals surface area contributed by atoms with Crippen molar-refractivity contribution in [2.24, 2.45) is 0 Å². The monoisotopic (exact) mass is 404 g/mol. The summed E-state index contributed by atoms with van der Waals surface area (Å²) in [6, 6.07) is 19.9. The van der Waals surface area contributed by atoms with Gasteiger partial charge in [-0.05, 0) is 58.0 Å². The molecule has 3 aromatic carbocycles. The van der Waals surface area contributed by atoms with Crippen LogP contribution in [0.2, 0.25) is 0 Å². The Labute approximate surface area is 180 Å². The molecule has 3 aromatic rings. The molecule has 0 radical (unpaired) electrons. The van der Waals surface area contributed by atoms with Gasteiger partial charge in [0.05, 0.1) is 0 Å². The van der Waals surface area contributed by atoms with Crippen LogP contribution in [0.4, 0.5) is 11.4 Å². The highest BCUT2D eigenvalue weighted by atomic mass is 16.3. The average molecular weight is 405 g/mol. The lowest BCUT2D eigenvalue weighted by Crippen LogP contribution is -2.24. The van der Waals surface area contributed by atoms with Crippen LogP contribution in [0.15, 0.2) is 60.7 Å². The van der Waals surface area contributed by atoms with E-state index in [2.05, 4.69) is 47.9 Å². The van der Waals surface area contributed by atoms with Crippen molar-refractivity contribution in [3.63, 3.8) is 0 Å². The summed E-state index contributed by atoms with van der Waals surface area (Å²) in [6.45, 7) is 11.3. The molecule has 0 bridgehead atoms. The number of aryl methyl sites for hydroxylation is 2. The molecule has 0 aliphatic rings. The third-order valence-corrected chi connectivity index (χ3v) is 5.52. The first-order chi connectivity index (χ1) is 14.4. The van der Waals surface area contributed by atoms with E-state index >= 15 is 0 Å². The van der Waals surface area contributed by atoms with Gasteiger partial charge >= 0.3 is 0 Å². The minimum Gasteiger partial charge on any atom is -0.508 e. The first-order valence-corrected chi connectivity index (χ1v) is 10.6. The first kappa shape index (κ1) is 21.6. The van der Waals surface area contributed by atoms with Crippen LogP contribution in [0.25, 0.3) is 0 Å². The highest BCUT2D eigenvalue weighted by molar-refractivity contribution is 5.60. The Kier molecular flexibility index (Phi) is 6.88. The lowest BCUT2D eigenvalue weighted by Gasteiger charge is -2.28. The van der Waals surface area contributed by atoms with Gasteiger partial charge in [0.1, 0.15) is 11.5 Å². The highest BCUT2D eigenvalue weighted by Crippen LogP contribution is 2.29. The Bertz CT molecular complexity index is 923. The molecule has 0 aromatic heterocycles. The van der Waals surface area contributed by atoms with Crippen molar-refractivity contribution in [1.29, 1.82) is 0 Å². The fraction of sp³-hybridized carbons (Fsp3) is 0.308. The zero-order valence-electron chi connectivity index (χ0n) is 18.4. The summed E-state index contributed by atoms with van der Waals surface area (Å²) < 4.78 is 0. The van der Waals surface area contributed by atoms with Crippen LogP contribution in [-0.4, -0.2) is 23.3 Å². The fourth-order valence-corrected chi connectivity index (χ4v) is 3.75. The molecule has 4 heteroatoms. The lowest BCUT2D eigenvalue weighted by atomic mass is 10.1. The summed E-state index contributed by atoms with van der Waals surface area (Å²) in [5.74, 6) is 0.667. The van der Waals surface area contributed by atoms with E-state index in [1.54, 1.807) is 12.1 Å². The van der Waals surface area contributed by atoms with E-state index in [4.69, 9.17) is 0 Å². The second kappa shape index (κ2) is 9.57. The third-order valence-electron chi connectivity index (χ3n) is 5.52. The Morgan fingerprint density at radius 3 is 1.47 bits per heavy atom. The van der Waals surface area contributed by atoms with E-state index in [1.807, 2.05) is 38.1 Å². The highest BCUT2D eigenvalue weighted by Gasteiger charge is 2.13. The zero-order valence-corrected chi connectivity index (χ0v) is 18.4. The van der Waals surface area contributed by atoms with Gasteiger partial charge in [0, 0.05) is 48.7 Å². The summed E-state index contributed by atoms with van der Waals surface area (Å²) in [5.41, 5.74) is 6.37. The van der Waals surface area contributed by atoms with Crippen LogP contribution in [0.1, 0.15) is 36.1 Å². The maximum absolute atomic E-state index is 10.3. The second-order valence-corrected chi connectivity index (χ2v) is 7.81. The minimum atomic E-state index is 0.334. The van der Waals surface area contributed by atoms with Crippen LogP contribution in [0.3, 0.4) is 0 Å². The van der Waals surface area contributed by atoms with Crippen molar-refractivity contribution in [3.8, 4) is 11.5 Å². The van der Waals surface area contributed by atoms with Crippen molar-refractivity contribution >= 4 is 11.4 Å². The van der Waals surface area contributed by atoms with Crippen LogP contribution in [0, 0.1) is 13.8 Å². The largest absolute Gasteiger partial charge is 0.508 e. The molecule has 0 spiro atoms. The number of phenols is 2. The van der Waals surface area contributed by atoms with E-state index < -0.39 is 0 Å². The molecule has 0 fully saturated rings. The number of nitrogens with zero attached hydrogens (tertiary/aromatic N) is 2. The van der Waals surface area contributed by atoms with Gasteiger partial charge in [-0.2, -0.15) is 0 Å². The van der Waals surface area contributed by atoms with Crippen molar-refractivity contribution < 1.29 is 10.2 Å². The third kappa shape index (κ3) is 5.07. The SMILES string of the molecule is CCN(Cc1cc(C)ccc1O)c1cccc(N(CC)Cc2cc(C)ccc2O)c1. The van der Waals surface area contributed by atoms with Gasteiger partial charge in [0.15, 0.2) is 0 Å². The maximum Gasteiger partial charge on any atom is 0.120 e. The molecule has 2 N–H and O–H groups in total. The number of anilines is 2. The lowest BCUT2D eigenvalue weighted by molar-refractivity contribution is 0.467. The fourth-order valence-electron chi connectivity index (χ4n) is 3.75. The molecule has 0 atom stereocenters. The number of phenolic OH excluding ortho intramolecular Hbond substituents is 2. The quantitative estimate of drug-likeness (QED) is 0.500.